The van der Waals surface area contributed by atoms with Gasteiger partial charge in [-0.2, -0.15) is 4.98 Å². The molecule has 3 atom stereocenters. The van der Waals surface area contributed by atoms with Gasteiger partial charge in [-0.1, -0.05) is 25.4 Å². The average molecular weight is 235 g/mol. The fourth-order valence-electron chi connectivity index (χ4n) is 3.33. The number of fused-ring (bicyclic) bond motifs is 2. The summed E-state index contributed by atoms with van der Waals surface area (Å²) in [6.45, 7) is 4.95. The largest absolute Gasteiger partial charge is 0.339 e. The van der Waals surface area contributed by atoms with E-state index in [4.69, 9.17) is 4.52 Å². The van der Waals surface area contributed by atoms with E-state index in [1.54, 1.807) is 0 Å². The molecule has 1 N–H and O–H groups in total. The van der Waals surface area contributed by atoms with E-state index in [0.29, 0.717) is 18.5 Å². The van der Waals surface area contributed by atoms with Gasteiger partial charge < -0.3 is 9.84 Å². The van der Waals surface area contributed by atoms with Crippen molar-refractivity contribution in [3.05, 3.63) is 11.7 Å². The van der Waals surface area contributed by atoms with Crippen molar-refractivity contribution in [3.8, 4) is 0 Å². The van der Waals surface area contributed by atoms with Gasteiger partial charge in [0.2, 0.25) is 5.89 Å². The third kappa shape index (κ3) is 2.23. The Morgan fingerprint density at radius 1 is 1.35 bits per heavy atom. The summed E-state index contributed by atoms with van der Waals surface area (Å²) < 4.78 is 5.43. The molecule has 4 nitrogen and oxygen atoms in total. The van der Waals surface area contributed by atoms with Crippen LogP contribution in [0.4, 0.5) is 0 Å². The molecule has 2 aliphatic rings. The van der Waals surface area contributed by atoms with E-state index in [1.165, 1.54) is 25.7 Å². The minimum absolute atomic E-state index is 0.458. The summed E-state index contributed by atoms with van der Waals surface area (Å²) >= 11 is 0. The number of hydrogen-bond acceptors (Lipinski definition) is 4. The highest BCUT2D eigenvalue weighted by Crippen LogP contribution is 2.52. The molecule has 0 saturated heterocycles. The van der Waals surface area contributed by atoms with Crippen LogP contribution in [0.25, 0.3) is 0 Å². The maximum atomic E-state index is 5.43. The molecular weight excluding hydrogens is 214 g/mol. The Kier molecular flexibility index (Phi) is 2.90. The summed E-state index contributed by atoms with van der Waals surface area (Å²) in [7, 11) is 0. The maximum Gasteiger partial charge on any atom is 0.230 e. The van der Waals surface area contributed by atoms with E-state index in [0.717, 1.165) is 23.6 Å². The summed E-state index contributed by atoms with van der Waals surface area (Å²) in [5.41, 5.74) is 0. The van der Waals surface area contributed by atoms with Crippen molar-refractivity contribution in [3.63, 3.8) is 0 Å². The normalized spacial score (nSPS) is 31.6. The molecule has 1 heterocycles. The molecule has 0 amide bonds. The van der Waals surface area contributed by atoms with Crippen LogP contribution in [0.2, 0.25) is 0 Å². The van der Waals surface area contributed by atoms with Crippen molar-refractivity contribution < 1.29 is 4.52 Å². The summed E-state index contributed by atoms with van der Waals surface area (Å²) in [4.78, 5) is 4.54. The fourth-order valence-corrected chi connectivity index (χ4v) is 3.33. The van der Waals surface area contributed by atoms with Crippen molar-refractivity contribution in [1.82, 2.24) is 15.5 Å². The summed E-state index contributed by atoms with van der Waals surface area (Å²) in [5, 5.41) is 7.38. The lowest BCUT2D eigenvalue weighted by molar-refractivity contribution is 0.300. The van der Waals surface area contributed by atoms with Crippen LogP contribution in [0.1, 0.15) is 57.2 Å². The van der Waals surface area contributed by atoms with Gasteiger partial charge in [0.25, 0.3) is 0 Å². The number of hydrogen-bond donors (Lipinski definition) is 1. The van der Waals surface area contributed by atoms with Gasteiger partial charge in [-0.15, -0.1) is 0 Å². The van der Waals surface area contributed by atoms with Gasteiger partial charge in [0, 0.05) is 12.0 Å². The van der Waals surface area contributed by atoms with Crippen LogP contribution in [0.5, 0.6) is 0 Å². The Morgan fingerprint density at radius 3 is 2.88 bits per heavy atom. The Bertz CT molecular complexity index is 388. The zero-order chi connectivity index (χ0) is 11.8. The molecule has 2 fully saturated rings. The SMILES string of the molecule is CC(C)NCc1noc(C2CC3CCC2C3)n1. The second kappa shape index (κ2) is 4.41. The zero-order valence-electron chi connectivity index (χ0n) is 10.6. The molecule has 2 aliphatic carbocycles. The van der Waals surface area contributed by atoms with Crippen LogP contribution < -0.4 is 5.32 Å². The molecule has 0 aromatic carbocycles. The lowest BCUT2D eigenvalue weighted by Crippen LogP contribution is -2.22. The number of rotatable bonds is 4. The van der Waals surface area contributed by atoms with Gasteiger partial charge in [0.1, 0.15) is 0 Å². The van der Waals surface area contributed by atoms with E-state index in [-0.39, 0.29) is 0 Å². The minimum atomic E-state index is 0.458. The van der Waals surface area contributed by atoms with Crippen LogP contribution in [-0.4, -0.2) is 16.2 Å². The Labute approximate surface area is 102 Å². The standard InChI is InChI=1S/C13H21N3O/c1-8(2)14-7-12-15-13(17-16-12)11-6-9-3-4-10(11)5-9/h8-11,14H,3-7H2,1-2H3. The van der Waals surface area contributed by atoms with E-state index < -0.39 is 0 Å². The molecule has 2 bridgehead atoms. The van der Waals surface area contributed by atoms with Crippen LogP contribution in [0.15, 0.2) is 4.52 Å². The first-order valence-electron chi connectivity index (χ1n) is 6.78. The highest BCUT2D eigenvalue weighted by Gasteiger charge is 2.42. The van der Waals surface area contributed by atoms with Crippen molar-refractivity contribution >= 4 is 0 Å². The van der Waals surface area contributed by atoms with Gasteiger partial charge in [-0.3, -0.25) is 0 Å². The topological polar surface area (TPSA) is 51.0 Å². The van der Waals surface area contributed by atoms with Crippen LogP contribution >= 0.6 is 0 Å². The minimum Gasteiger partial charge on any atom is -0.339 e. The van der Waals surface area contributed by atoms with E-state index in [2.05, 4.69) is 29.3 Å². The molecule has 2 saturated carbocycles. The van der Waals surface area contributed by atoms with Crippen molar-refractivity contribution in [1.29, 1.82) is 0 Å². The van der Waals surface area contributed by atoms with E-state index in [1.807, 2.05) is 0 Å². The second-order valence-electron chi connectivity index (χ2n) is 5.87. The summed E-state index contributed by atoms with van der Waals surface area (Å²) in [6.07, 6.45) is 5.42. The van der Waals surface area contributed by atoms with Gasteiger partial charge in [0.15, 0.2) is 5.82 Å². The van der Waals surface area contributed by atoms with Crippen LogP contribution in [0, 0.1) is 11.8 Å². The Hall–Kier alpha value is -0.900. The third-order valence-electron chi connectivity index (χ3n) is 4.21. The smallest absolute Gasteiger partial charge is 0.230 e. The lowest BCUT2D eigenvalue weighted by Gasteiger charge is -2.17. The van der Waals surface area contributed by atoms with Gasteiger partial charge in [0.05, 0.1) is 6.54 Å². The first kappa shape index (κ1) is 11.2. The van der Waals surface area contributed by atoms with Gasteiger partial charge >= 0.3 is 0 Å². The molecular formula is C13H21N3O. The van der Waals surface area contributed by atoms with E-state index >= 15 is 0 Å². The quantitative estimate of drug-likeness (QED) is 0.871. The summed E-state index contributed by atoms with van der Waals surface area (Å²) in [6, 6.07) is 0.458. The zero-order valence-corrected chi connectivity index (χ0v) is 10.6. The third-order valence-corrected chi connectivity index (χ3v) is 4.21. The predicted octanol–water partition coefficient (Wildman–Crippen LogP) is 2.47. The molecule has 17 heavy (non-hydrogen) atoms. The molecule has 94 valence electrons. The molecule has 3 unspecified atom stereocenters. The highest BCUT2D eigenvalue weighted by molar-refractivity contribution is 5.05. The highest BCUT2D eigenvalue weighted by atomic mass is 16.5. The van der Waals surface area contributed by atoms with E-state index in [9.17, 15) is 0 Å². The lowest BCUT2D eigenvalue weighted by atomic mass is 9.89. The van der Waals surface area contributed by atoms with Gasteiger partial charge in [-0.05, 0) is 31.1 Å². The second-order valence-corrected chi connectivity index (χ2v) is 5.87. The molecule has 1 aromatic heterocycles. The Morgan fingerprint density at radius 2 is 2.24 bits per heavy atom. The average Bonchev–Trinajstić information content (AvgIpc) is 3.01. The number of nitrogens with zero attached hydrogens (tertiary/aromatic N) is 2. The Balaban J connectivity index is 1.64. The summed E-state index contributed by atoms with van der Waals surface area (Å²) in [5.74, 6) is 3.98. The van der Waals surface area contributed by atoms with Crippen LogP contribution in [0.3, 0.4) is 0 Å². The van der Waals surface area contributed by atoms with Gasteiger partial charge in [-0.25, -0.2) is 0 Å². The molecule has 0 aliphatic heterocycles. The number of aromatic nitrogens is 2. The van der Waals surface area contributed by atoms with Crippen LogP contribution in [-0.2, 0) is 6.54 Å². The molecule has 1 aromatic rings. The first-order chi connectivity index (χ1) is 8.22. The molecule has 0 radical (unpaired) electrons. The van der Waals surface area contributed by atoms with Crippen molar-refractivity contribution in [2.45, 2.75) is 58.0 Å². The van der Waals surface area contributed by atoms with Crippen molar-refractivity contribution in [2.24, 2.45) is 11.8 Å². The number of nitrogens with one attached hydrogen (secondary N) is 1. The molecule has 4 heteroatoms. The predicted molar refractivity (Wildman–Crippen MR) is 64.5 cm³/mol. The monoisotopic (exact) mass is 235 g/mol. The van der Waals surface area contributed by atoms with Crippen molar-refractivity contribution in [2.75, 3.05) is 0 Å². The molecule has 3 rings (SSSR count). The fraction of sp³-hybridized carbons (Fsp3) is 0.846. The maximum absolute atomic E-state index is 5.43. The first-order valence-corrected chi connectivity index (χ1v) is 6.78. The molecule has 0 spiro atoms.